The molecule has 1 aromatic carbocycles. The van der Waals surface area contributed by atoms with Crippen molar-refractivity contribution in [3.05, 3.63) is 35.9 Å². The smallest absolute Gasteiger partial charge is 0.259 e. The lowest BCUT2D eigenvalue weighted by Crippen LogP contribution is -2.57. The molecular weight excluding hydrogens is 638 g/mol. The lowest BCUT2D eigenvalue weighted by atomic mass is 10.1. The summed E-state index contributed by atoms with van der Waals surface area (Å²) in [4.78, 5) is 47.5. The third-order valence-electron chi connectivity index (χ3n) is 9.68. The number of nitrogens with one attached hydrogen (secondary N) is 2. The topological polar surface area (TPSA) is 190 Å². The van der Waals surface area contributed by atoms with E-state index in [0.717, 1.165) is 25.7 Å². The number of allylic oxidation sites excluding steroid dienone is 1. The van der Waals surface area contributed by atoms with Crippen molar-refractivity contribution < 1.29 is 37.4 Å². The fraction of sp³-hybridized carbons (Fsp3) is 0.588. The van der Waals surface area contributed by atoms with Crippen molar-refractivity contribution >= 4 is 38.6 Å². The number of hydrogen-bond donors (Lipinski definition) is 4. The largest absolute Gasteiger partial charge is 0.508 e. The van der Waals surface area contributed by atoms with E-state index in [1.165, 1.54) is 4.90 Å². The van der Waals surface area contributed by atoms with Crippen molar-refractivity contribution in [1.29, 1.82) is 0 Å². The van der Waals surface area contributed by atoms with Crippen LogP contribution in [0.25, 0.3) is 10.9 Å². The quantitative estimate of drug-likeness (QED) is 0.316. The fourth-order valence-corrected chi connectivity index (χ4v) is 8.05. The molecule has 4 aliphatic rings. The van der Waals surface area contributed by atoms with Crippen LogP contribution < -0.4 is 25.2 Å². The van der Waals surface area contributed by atoms with Gasteiger partial charge in [0.25, 0.3) is 5.91 Å². The Morgan fingerprint density at radius 3 is 2.69 bits per heavy atom. The molecule has 2 aliphatic carbocycles. The van der Waals surface area contributed by atoms with Gasteiger partial charge in [-0.2, -0.15) is 0 Å². The molecule has 5 N–H and O–H groups in total. The molecule has 48 heavy (non-hydrogen) atoms. The third-order valence-corrected chi connectivity index (χ3v) is 11.5. The molecule has 0 radical (unpaired) electrons. The Morgan fingerprint density at radius 1 is 1.19 bits per heavy atom. The maximum atomic E-state index is 14.1. The van der Waals surface area contributed by atoms with Gasteiger partial charge in [0.2, 0.25) is 27.7 Å². The monoisotopic (exact) mass is 683 g/mol. The normalized spacial score (nSPS) is 28.9. The maximum absolute atomic E-state index is 14.1. The maximum Gasteiger partial charge on any atom is 0.259 e. The number of aromatic hydroxyl groups is 1. The number of fused-ring (bicyclic) bond motifs is 3. The Kier molecular flexibility index (Phi) is 9.33. The van der Waals surface area contributed by atoms with E-state index in [2.05, 4.69) is 15.0 Å². The minimum absolute atomic E-state index is 0.0600. The summed E-state index contributed by atoms with van der Waals surface area (Å²) < 4.78 is 40.0. The zero-order valence-corrected chi connectivity index (χ0v) is 28.4. The Labute approximate surface area is 280 Å². The van der Waals surface area contributed by atoms with E-state index in [0.29, 0.717) is 47.4 Å². The van der Waals surface area contributed by atoms with E-state index in [4.69, 9.17) is 15.2 Å². The van der Waals surface area contributed by atoms with Crippen molar-refractivity contribution in [3.63, 3.8) is 0 Å². The zero-order valence-electron chi connectivity index (χ0n) is 27.6. The number of sulfonamides is 1. The van der Waals surface area contributed by atoms with Gasteiger partial charge in [-0.05, 0) is 71.4 Å². The number of carbonyl (C=O) groups is 3. The average Bonchev–Trinajstić information content (AvgIpc) is 3.95. The number of nitrogens with two attached hydrogens (primary N) is 1. The predicted octanol–water partition coefficient (Wildman–Crippen LogP) is 2.72. The SMILES string of the molecule is Cc1c(O)ccc2c(O[C@@H]3C[C@H]4C(=O)N[C@]5(C(=O)NS(=O)(=O)C6CC6)CC5/C=C\CCCCC[C@H](N)C(=O)N4C3)cc(OC(C)C)nc12. The molecule has 13 nitrogen and oxygen atoms in total. The van der Waals surface area contributed by atoms with Crippen LogP contribution in [0.1, 0.15) is 77.2 Å². The molecule has 0 bridgehead atoms. The molecule has 2 saturated carbocycles. The van der Waals surface area contributed by atoms with Gasteiger partial charge in [-0.25, -0.2) is 13.4 Å². The second-order valence-electron chi connectivity index (χ2n) is 13.8. The van der Waals surface area contributed by atoms with Gasteiger partial charge in [-0.1, -0.05) is 25.0 Å². The highest BCUT2D eigenvalue weighted by Gasteiger charge is 2.62. The van der Waals surface area contributed by atoms with Crippen LogP contribution in [0.4, 0.5) is 0 Å². The molecule has 0 spiro atoms. The first-order valence-corrected chi connectivity index (χ1v) is 18.4. The lowest BCUT2D eigenvalue weighted by Gasteiger charge is -2.28. The number of carbonyl (C=O) groups excluding carboxylic acids is 3. The highest BCUT2D eigenvalue weighted by atomic mass is 32.2. The fourth-order valence-electron chi connectivity index (χ4n) is 6.69. The van der Waals surface area contributed by atoms with E-state index in [1.54, 1.807) is 25.1 Å². The number of amides is 3. The van der Waals surface area contributed by atoms with Crippen LogP contribution in [-0.2, 0) is 24.4 Å². The number of ether oxygens (including phenoxy) is 2. The molecule has 1 saturated heterocycles. The number of aryl methyl sites for hydroxylation is 1. The van der Waals surface area contributed by atoms with Crippen molar-refractivity contribution in [1.82, 2.24) is 19.9 Å². The summed E-state index contributed by atoms with van der Waals surface area (Å²) in [5.74, 6) is -1.33. The van der Waals surface area contributed by atoms with Crippen LogP contribution in [-0.4, -0.2) is 82.8 Å². The third kappa shape index (κ3) is 6.95. The van der Waals surface area contributed by atoms with E-state index in [1.807, 2.05) is 26.0 Å². The molecule has 3 amide bonds. The first-order valence-electron chi connectivity index (χ1n) is 16.9. The molecule has 3 heterocycles. The summed E-state index contributed by atoms with van der Waals surface area (Å²) in [6, 6.07) is 3.06. The minimum Gasteiger partial charge on any atom is -0.508 e. The summed E-state index contributed by atoms with van der Waals surface area (Å²) in [5.41, 5.74) is 5.98. The molecule has 6 rings (SSSR count). The van der Waals surface area contributed by atoms with E-state index in [9.17, 15) is 27.9 Å². The highest BCUT2D eigenvalue weighted by Crippen LogP contribution is 2.46. The second kappa shape index (κ2) is 13.2. The van der Waals surface area contributed by atoms with Gasteiger partial charge in [0.1, 0.15) is 29.2 Å². The standard InChI is InChI=1S/C34H45N5O8S/c1-19(2)46-29-16-28(24-13-14-27(40)20(3)30(24)36-29)47-22-15-26-31(41)37-34(33(43)38-48(44,45)23-11-12-23)17-21(34)9-7-5-4-6-8-10-25(35)32(42)39(26)18-22/h7,9,13-14,16,19,21-23,25-26,40H,4-6,8,10-12,15,17-18,35H2,1-3H3,(H,37,41)(H,38,43)/b9-7-/t21?,22-,25+,26+,34-/m1/s1. The lowest BCUT2D eigenvalue weighted by molar-refractivity contribution is -0.140. The van der Waals surface area contributed by atoms with Crippen LogP contribution in [0.15, 0.2) is 30.4 Å². The molecule has 2 aromatic rings. The molecular formula is C34H45N5O8S. The number of hydrogen-bond acceptors (Lipinski definition) is 10. The van der Waals surface area contributed by atoms with Gasteiger partial charge in [0.15, 0.2) is 0 Å². The Hall–Kier alpha value is -3.91. The number of aromatic nitrogens is 1. The first-order chi connectivity index (χ1) is 22.8. The number of phenolic OH excluding ortho intramolecular Hbond substituents is 1. The van der Waals surface area contributed by atoms with Crippen molar-refractivity contribution in [3.8, 4) is 17.4 Å². The Balaban J connectivity index is 1.30. The average molecular weight is 684 g/mol. The summed E-state index contributed by atoms with van der Waals surface area (Å²) in [7, 11) is -3.85. The van der Waals surface area contributed by atoms with Gasteiger partial charge in [0, 0.05) is 29.4 Å². The molecule has 14 heteroatoms. The first kappa shape index (κ1) is 34.0. The van der Waals surface area contributed by atoms with Crippen LogP contribution in [0.5, 0.6) is 17.4 Å². The minimum atomic E-state index is -3.85. The number of phenols is 1. The van der Waals surface area contributed by atoms with Gasteiger partial charge < -0.3 is 30.5 Å². The van der Waals surface area contributed by atoms with E-state index >= 15 is 0 Å². The van der Waals surface area contributed by atoms with Gasteiger partial charge in [-0.3, -0.25) is 19.1 Å². The van der Waals surface area contributed by atoms with Crippen molar-refractivity contribution in [2.75, 3.05) is 6.54 Å². The number of nitrogens with zero attached hydrogens (tertiary/aromatic N) is 2. The van der Waals surface area contributed by atoms with Crippen LogP contribution in [0, 0.1) is 12.8 Å². The summed E-state index contributed by atoms with van der Waals surface area (Å²) in [6.07, 6.45) is 8.04. The summed E-state index contributed by atoms with van der Waals surface area (Å²) >= 11 is 0. The second-order valence-corrected chi connectivity index (χ2v) is 15.8. The Bertz CT molecular complexity index is 1740. The molecule has 1 unspecified atom stereocenters. The molecule has 1 aromatic heterocycles. The van der Waals surface area contributed by atoms with E-state index < -0.39 is 50.8 Å². The van der Waals surface area contributed by atoms with Gasteiger partial charge in [-0.15, -0.1) is 0 Å². The Morgan fingerprint density at radius 2 is 1.96 bits per heavy atom. The number of benzene rings is 1. The number of rotatable bonds is 7. The highest BCUT2D eigenvalue weighted by molar-refractivity contribution is 7.91. The van der Waals surface area contributed by atoms with Crippen LogP contribution >= 0.6 is 0 Å². The zero-order chi connectivity index (χ0) is 34.4. The van der Waals surface area contributed by atoms with Gasteiger partial charge in [0.05, 0.1) is 29.5 Å². The van der Waals surface area contributed by atoms with Crippen molar-refractivity contribution in [2.45, 2.75) is 114 Å². The van der Waals surface area contributed by atoms with Gasteiger partial charge >= 0.3 is 0 Å². The summed E-state index contributed by atoms with van der Waals surface area (Å²) in [6.45, 7) is 5.54. The van der Waals surface area contributed by atoms with Crippen molar-refractivity contribution in [2.24, 2.45) is 11.7 Å². The molecule has 2 aliphatic heterocycles. The van der Waals surface area contributed by atoms with Crippen LogP contribution in [0.2, 0.25) is 0 Å². The molecule has 5 atom stereocenters. The molecule has 260 valence electrons. The van der Waals surface area contributed by atoms with E-state index in [-0.39, 0.29) is 43.1 Å². The predicted molar refractivity (Wildman–Crippen MR) is 178 cm³/mol. The molecule has 3 fully saturated rings. The number of pyridine rings is 1. The summed E-state index contributed by atoms with van der Waals surface area (Å²) in [5, 5.41) is 13.3. The van der Waals surface area contributed by atoms with Crippen LogP contribution in [0.3, 0.4) is 0 Å².